The van der Waals surface area contributed by atoms with Crippen LogP contribution in [-0.4, -0.2) is 21.4 Å². The van der Waals surface area contributed by atoms with Gasteiger partial charge < -0.3 is 9.88 Å². The van der Waals surface area contributed by atoms with Gasteiger partial charge in [-0.3, -0.25) is 9.48 Å². The third-order valence-electron chi connectivity index (χ3n) is 2.81. The molecule has 2 heterocycles. The molecule has 0 aliphatic carbocycles. The average Bonchev–Trinajstić information content (AvgIpc) is 2.56. The number of hydrogen-bond donors (Lipinski definition) is 1. The van der Waals surface area contributed by atoms with E-state index in [2.05, 4.69) is 10.4 Å². The van der Waals surface area contributed by atoms with Crippen molar-refractivity contribution in [1.82, 2.24) is 14.3 Å². The van der Waals surface area contributed by atoms with Crippen LogP contribution in [0.2, 0.25) is 0 Å². The van der Waals surface area contributed by atoms with Crippen LogP contribution in [0, 0.1) is 6.92 Å². The highest BCUT2D eigenvalue weighted by Crippen LogP contribution is 2.18. The fraction of sp³-hybridized carbons (Fsp3) is 0.333. The maximum Gasteiger partial charge on any atom is 0.250 e. The minimum atomic E-state index is -0.00203. The Bertz CT molecular complexity index is 582. The molecule has 90 valence electrons. The Morgan fingerprint density at radius 1 is 1.41 bits per heavy atom. The molecule has 0 bridgehead atoms. The lowest BCUT2D eigenvalue weighted by Crippen LogP contribution is -2.19. The smallest absolute Gasteiger partial charge is 0.250 e. The van der Waals surface area contributed by atoms with Crippen LogP contribution in [-0.2, 0) is 13.6 Å². The molecule has 5 nitrogen and oxygen atoms in total. The summed E-state index contributed by atoms with van der Waals surface area (Å²) < 4.78 is 3.46. The molecule has 0 aliphatic heterocycles. The Balaban J connectivity index is 2.43. The average molecular weight is 232 g/mol. The number of pyridine rings is 1. The zero-order valence-corrected chi connectivity index (χ0v) is 10.3. The Morgan fingerprint density at radius 3 is 2.82 bits per heavy atom. The first-order chi connectivity index (χ1) is 8.13. The quantitative estimate of drug-likeness (QED) is 0.858. The summed E-state index contributed by atoms with van der Waals surface area (Å²) in [4.78, 5) is 11.7. The number of nitrogens with one attached hydrogen (secondary N) is 1. The van der Waals surface area contributed by atoms with Crippen LogP contribution in [0.25, 0.3) is 0 Å². The van der Waals surface area contributed by atoms with Crippen molar-refractivity contribution >= 4 is 5.82 Å². The molecule has 2 aromatic heterocycles. The topological polar surface area (TPSA) is 51.9 Å². The van der Waals surface area contributed by atoms with Crippen LogP contribution in [0.1, 0.15) is 11.3 Å². The predicted molar refractivity (Wildman–Crippen MR) is 67.3 cm³/mol. The standard InChI is InChI=1S/C12H16N4O/c1-9-10(12(13-2)15(3)14-9)8-16-7-5-4-6-11(16)17/h4-7,13H,8H2,1-3H3. The molecule has 1 N–H and O–H groups in total. The molecule has 0 amide bonds. The van der Waals surface area contributed by atoms with E-state index in [1.54, 1.807) is 27.6 Å². The molecule has 0 aromatic carbocycles. The summed E-state index contributed by atoms with van der Waals surface area (Å²) >= 11 is 0. The van der Waals surface area contributed by atoms with Gasteiger partial charge in [-0.1, -0.05) is 6.07 Å². The minimum absolute atomic E-state index is 0.00203. The molecule has 0 fully saturated rings. The Hall–Kier alpha value is -2.04. The molecule has 0 spiro atoms. The summed E-state index contributed by atoms with van der Waals surface area (Å²) in [5.41, 5.74) is 1.98. The first-order valence-electron chi connectivity index (χ1n) is 5.49. The number of hydrogen-bond acceptors (Lipinski definition) is 3. The van der Waals surface area contributed by atoms with E-state index >= 15 is 0 Å². The van der Waals surface area contributed by atoms with Crippen molar-refractivity contribution in [1.29, 1.82) is 0 Å². The van der Waals surface area contributed by atoms with Crippen molar-refractivity contribution in [2.24, 2.45) is 7.05 Å². The van der Waals surface area contributed by atoms with E-state index in [1.165, 1.54) is 0 Å². The zero-order chi connectivity index (χ0) is 12.4. The number of aryl methyl sites for hydroxylation is 2. The maximum absolute atomic E-state index is 11.7. The van der Waals surface area contributed by atoms with Gasteiger partial charge in [0.15, 0.2) is 0 Å². The van der Waals surface area contributed by atoms with Crippen LogP contribution in [0.15, 0.2) is 29.2 Å². The molecule has 17 heavy (non-hydrogen) atoms. The van der Waals surface area contributed by atoms with Crippen LogP contribution in [0.5, 0.6) is 0 Å². The second kappa shape index (κ2) is 4.45. The van der Waals surface area contributed by atoms with Crippen molar-refractivity contribution in [2.75, 3.05) is 12.4 Å². The highest BCUT2D eigenvalue weighted by molar-refractivity contribution is 5.47. The number of aromatic nitrogens is 3. The van der Waals surface area contributed by atoms with E-state index in [4.69, 9.17) is 0 Å². The van der Waals surface area contributed by atoms with E-state index in [-0.39, 0.29) is 5.56 Å². The maximum atomic E-state index is 11.7. The van der Waals surface area contributed by atoms with Gasteiger partial charge in [0.2, 0.25) is 0 Å². The predicted octanol–water partition coefficient (Wildman–Crippen LogP) is 0.980. The van der Waals surface area contributed by atoms with Gasteiger partial charge in [-0.2, -0.15) is 5.10 Å². The highest BCUT2D eigenvalue weighted by atomic mass is 16.1. The molecular weight excluding hydrogens is 216 g/mol. The van der Waals surface area contributed by atoms with Crippen LogP contribution in [0.4, 0.5) is 5.82 Å². The van der Waals surface area contributed by atoms with Crippen molar-refractivity contribution in [3.63, 3.8) is 0 Å². The summed E-state index contributed by atoms with van der Waals surface area (Å²) in [6, 6.07) is 5.16. The molecule has 0 atom stereocenters. The van der Waals surface area contributed by atoms with Gasteiger partial charge in [0.1, 0.15) is 5.82 Å². The third kappa shape index (κ3) is 2.08. The molecule has 2 aromatic rings. The largest absolute Gasteiger partial charge is 0.373 e. The summed E-state index contributed by atoms with van der Waals surface area (Å²) in [5.74, 6) is 0.943. The minimum Gasteiger partial charge on any atom is -0.373 e. The molecule has 2 rings (SSSR count). The molecule has 0 saturated carbocycles. The normalized spacial score (nSPS) is 10.5. The Labute approximate surface area is 99.7 Å². The first-order valence-corrected chi connectivity index (χ1v) is 5.49. The summed E-state index contributed by atoms with van der Waals surface area (Å²) in [6.45, 7) is 2.49. The van der Waals surface area contributed by atoms with Crippen molar-refractivity contribution < 1.29 is 0 Å². The number of nitrogens with zero attached hydrogens (tertiary/aromatic N) is 3. The number of anilines is 1. The van der Waals surface area contributed by atoms with Crippen molar-refractivity contribution in [3.05, 3.63) is 46.0 Å². The SMILES string of the molecule is CNc1c(Cn2ccccc2=O)c(C)nn1C. The van der Waals surface area contributed by atoms with Gasteiger partial charge in [0.05, 0.1) is 12.2 Å². The van der Waals surface area contributed by atoms with Gasteiger partial charge in [0.25, 0.3) is 5.56 Å². The summed E-state index contributed by atoms with van der Waals surface area (Å²) in [5, 5.41) is 7.46. The van der Waals surface area contributed by atoms with Crippen LogP contribution >= 0.6 is 0 Å². The lowest BCUT2D eigenvalue weighted by Gasteiger charge is -2.07. The second-order valence-corrected chi connectivity index (χ2v) is 3.95. The fourth-order valence-corrected chi connectivity index (χ4v) is 1.97. The van der Waals surface area contributed by atoms with Crippen molar-refractivity contribution in [2.45, 2.75) is 13.5 Å². The molecule has 0 unspecified atom stereocenters. The lowest BCUT2D eigenvalue weighted by molar-refractivity contribution is 0.754. The first kappa shape index (κ1) is 11.4. The van der Waals surface area contributed by atoms with Gasteiger partial charge in [-0.05, 0) is 13.0 Å². The monoisotopic (exact) mass is 232 g/mol. The lowest BCUT2D eigenvalue weighted by atomic mass is 10.2. The summed E-state index contributed by atoms with van der Waals surface area (Å²) in [6.07, 6.45) is 1.79. The van der Waals surface area contributed by atoms with E-state index in [9.17, 15) is 4.79 Å². The van der Waals surface area contributed by atoms with Gasteiger partial charge in [0, 0.05) is 31.9 Å². The van der Waals surface area contributed by atoms with Gasteiger partial charge in [-0.15, -0.1) is 0 Å². The molecule has 0 aliphatic rings. The van der Waals surface area contributed by atoms with E-state index in [1.807, 2.05) is 27.1 Å². The Morgan fingerprint density at radius 2 is 2.18 bits per heavy atom. The number of rotatable bonds is 3. The molecule has 0 saturated heterocycles. The van der Waals surface area contributed by atoms with Gasteiger partial charge in [-0.25, -0.2) is 0 Å². The summed E-state index contributed by atoms with van der Waals surface area (Å²) in [7, 11) is 3.74. The molecular formula is C12H16N4O. The van der Waals surface area contributed by atoms with E-state index in [0.717, 1.165) is 17.1 Å². The zero-order valence-electron chi connectivity index (χ0n) is 10.3. The highest BCUT2D eigenvalue weighted by Gasteiger charge is 2.12. The van der Waals surface area contributed by atoms with E-state index in [0.29, 0.717) is 6.54 Å². The fourth-order valence-electron chi connectivity index (χ4n) is 1.97. The van der Waals surface area contributed by atoms with Crippen LogP contribution in [0.3, 0.4) is 0 Å². The van der Waals surface area contributed by atoms with Crippen molar-refractivity contribution in [3.8, 4) is 0 Å². The second-order valence-electron chi connectivity index (χ2n) is 3.95. The van der Waals surface area contributed by atoms with E-state index < -0.39 is 0 Å². The van der Waals surface area contributed by atoms with Gasteiger partial charge >= 0.3 is 0 Å². The third-order valence-corrected chi connectivity index (χ3v) is 2.81. The van der Waals surface area contributed by atoms with Crippen LogP contribution < -0.4 is 10.9 Å². The molecule has 5 heteroatoms. The Kier molecular flexibility index (Phi) is 2.99. The molecule has 0 radical (unpaired) electrons.